The molecule has 1 aliphatic heterocycles. The maximum atomic E-state index is 7.25. The Hall–Kier alpha value is -0.610. The van der Waals surface area contributed by atoms with Crippen LogP contribution >= 0.6 is 0 Å². The van der Waals surface area contributed by atoms with E-state index >= 15 is 0 Å². The fourth-order valence-electron chi connectivity index (χ4n) is 1.41. The van der Waals surface area contributed by atoms with Gasteiger partial charge in [0.05, 0.1) is 11.6 Å². The highest BCUT2D eigenvalue weighted by Crippen LogP contribution is 2.25. The molecule has 1 fully saturated rings. The van der Waals surface area contributed by atoms with Crippen molar-refractivity contribution in [1.29, 1.82) is 5.41 Å². The zero-order valence-electron chi connectivity index (χ0n) is 7.92. The van der Waals surface area contributed by atoms with Crippen molar-refractivity contribution in [3.8, 4) is 0 Å². The number of nitrogens with zero attached hydrogens (tertiary/aromatic N) is 1. The second-order valence-corrected chi connectivity index (χ2v) is 3.69. The Morgan fingerprint density at radius 3 is 2.50 bits per heavy atom. The van der Waals surface area contributed by atoms with Crippen molar-refractivity contribution < 1.29 is 4.74 Å². The van der Waals surface area contributed by atoms with Crippen LogP contribution in [0.2, 0.25) is 0 Å². The van der Waals surface area contributed by atoms with Crippen molar-refractivity contribution in [1.82, 2.24) is 4.90 Å². The number of likely N-dealkylation sites (tertiary alicyclic amines) is 1. The molecule has 0 aromatic heterocycles. The first kappa shape index (κ1) is 9.48. The molecule has 12 heavy (non-hydrogen) atoms. The smallest absolute Gasteiger partial charge is 0.108 e. The highest BCUT2D eigenvalue weighted by atomic mass is 16.5. The lowest BCUT2D eigenvalue weighted by molar-refractivity contribution is -0.116. The topological polar surface area (TPSA) is 62.3 Å². The second-order valence-electron chi connectivity index (χ2n) is 3.69. The van der Waals surface area contributed by atoms with Crippen LogP contribution in [0.15, 0.2) is 0 Å². The van der Waals surface area contributed by atoms with Crippen molar-refractivity contribution in [3.05, 3.63) is 0 Å². The van der Waals surface area contributed by atoms with Crippen molar-refractivity contribution in [3.63, 3.8) is 0 Å². The van der Waals surface area contributed by atoms with E-state index < -0.39 is 0 Å². The molecule has 0 bridgehead atoms. The van der Waals surface area contributed by atoms with Gasteiger partial charge in [0.25, 0.3) is 0 Å². The van der Waals surface area contributed by atoms with E-state index in [4.69, 9.17) is 15.9 Å². The third-order valence-electron chi connectivity index (χ3n) is 2.57. The van der Waals surface area contributed by atoms with E-state index in [1.54, 1.807) is 7.11 Å². The summed E-state index contributed by atoms with van der Waals surface area (Å²) < 4.78 is 5.28. The van der Waals surface area contributed by atoms with E-state index in [9.17, 15) is 0 Å². The lowest BCUT2D eigenvalue weighted by Crippen LogP contribution is -2.65. The molecule has 0 aromatic rings. The van der Waals surface area contributed by atoms with Crippen LogP contribution in [0.3, 0.4) is 0 Å². The fourth-order valence-corrected chi connectivity index (χ4v) is 1.41. The zero-order chi connectivity index (χ0) is 9.35. The minimum Gasteiger partial charge on any atom is -0.386 e. The molecule has 0 saturated carbocycles. The average Bonchev–Trinajstić information content (AvgIpc) is 1.97. The number of hydrogen-bond donors (Lipinski definition) is 2. The monoisotopic (exact) mass is 171 g/mol. The lowest BCUT2D eigenvalue weighted by atomic mass is 9.94. The van der Waals surface area contributed by atoms with Gasteiger partial charge in [0.2, 0.25) is 0 Å². The molecule has 70 valence electrons. The van der Waals surface area contributed by atoms with Crippen molar-refractivity contribution >= 4 is 5.84 Å². The molecule has 0 aromatic carbocycles. The number of amidine groups is 1. The molecule has 1 aliphatic rings. The van der Waals surface area contributed by atoms with E-state index in [1.807, 2.05) is 6.92 Å². The van der Waals surface area contributed by atoms with Crippen molar-refractivity contribution in [2.24, 2.45) is 5.73 Å². The van der Waals surface area contributed by atoms with Crippen LogP contribution in [-0.2, 0) is 4.74 Å². The van der Waals surface area contributed by atoms with Gasteiger partial charge in [0.15, 0.2) is 0 Å². The summed E-state index contributed by atoms with van der Waals surface area (Å²) in [5.41, 5.74) is 5.35. The Labute approximate surface area is 73.2 Å². The normalized spacial score (nSPS) is 24.6. The Bertz CT molecular complexity index is 187. The maximum absolute atomic E-state index is 7.25. The molecule has 0 radical (unpaired) electrons. The van der Waals surface area contributed by atoms with Gasteiger partial charge in [0.1, 0.15) is 5.84 Å². The molecule has 3 N–H and O–H groups in total. The van der Waals surface area contributed by atoms with Crippen LogP contribution in [0.5, 0.6) is 0 Å². The predicted molar refractivity (Wildman–Crippen MR) is 48.4 cm³/mol. The minimum absolute atomic E-state index is 0.0241. The van der Waals surface area contributed by atoms with Crippen LogP contribution in [-0.4, -0.2) is 42.6 Å². The van der Waals surface area contributed by atoms with E-state index in [0.29, 0.717) is 0 Å². The Morgan fingerprint density at radius 2 is 2.17 bits per heavy atom. The summed E-state index contributed by atoms with van der Waals surface area (Å²) in [6, 6.07) is 0.0493. The SMILES string of the molecule is COC1(C)CN(C(C)C(=N)N)C1. The van der Waals surface area contributed by atoms with Crippen LogP contribution in [0.4, 0.5) is 0 Å². The Morgan fingerprint density at radius 1 is 1.67 bits per heavy atom. The van der Waals surface area contributed by atoms with Gasteiger partial charge in [0, 0.05) is 20.2 Å². The summed E-state index contributed by atoms with van der Waals surface area (Å²) in [5, 5.41) is 7.25. The molecule has 0 aliphatic carbocycles. The van der Waals surface area contributed by atoms with Crippen LogP contribution in [0.1, 0.15) is 13.8 Å². The molecular formula is C8H17N3O. The molecule has 1 unspecified atom stereocenters. The number of nitrogens with two attached hydrogens (primary N) is 1. The molecule has 0 amide bonds. The Balaban J connectivity index is 2.39. The molecule has 4 heteroatoms. The third-order valence-corrected chi connectivity index (χ3v) is 2.57. The quantitative estimate of drug-likeness (QED) is 0.465. The summed E-state index contributed by atoms with van der Waals surface area (Å²) >= 11 is 0. The molecule has 1 rings (SSSR count). The van der Waals surface area contributed by atoms with Gasteiger partial charge in [-0.15, -0.1) is 0 Å². The number of rotatable bonds is 3. The van der Waals surface area contributed by atoms with E-state index in [1.165, 1.54) is 0 Å². The predicted octanol–water partition coefficient (Wildman–Crippen LogP) is 0.0316. The molecule has 1 atom stereocenters. The first-order valence-electron chi connectivity index (χ1n) is 4.11. The molecular weight excluding hydrogens is 154 g/mol. The van der Waals surface area contributed by atoms with E-state index in [2.05, 4.69) is 11.8 Å². The van der Waals surface area contributed by atoms with Gasteiger partial charge in [-0.25, -0.2) is 0 Å². The van der Waals surface area contributed by atoms with Gasteiger partial charge in [-0.2, -0.15) is 0 Å². The average molecular weight is 171 g/mol. The summed E-state index contributed by atoms with van der Waals surface area (Å²) in [4.78, 5) is 2.13. The van der Waals surface area contributed by atoms with E-state index in [-0.39, 0.29) is 17.5 Å². The Kier molecular flexibility index (Phi) is 2.39. The highest BCUT2D eigenvalue weighted by Gasteiger charge is 2.41. The second kappa shape index (κ2) is 3.03. The summed E-state index contributed by atoms with van der Waals surface area (Å²) in [7, 11) is 1.72. The molecule has 0 spiro atoms. The van der Waals surface area contributed by atoms with Gasteiger partial charge < -0.3 is 10.5 Å². The zero-order valence-corrected chi connectivity index (χ0v) is 7.92. The van der Waals surface area contributed by atoms with Gasteiger partial charge >= 0.3 is 0 Å². The van der Waals surface area contributed by atoms with Gasteiger partial charge in [-0.05, 0) is 13.8 Å². The third kappa shape index (κ3) is 1.59. The van der Waals surface area contributed by atoms with Gasteiger partial charge in [-0.3, -0.25) is 10.3 Å². The van der Waals surface area contributed by atoms with Crippen molar-refractivity contribution in [2.75, 3.05) is 20.2 Å². The molecule has 1 heterocycles. The highest BCUT2D eigenvalue weighted by molar-refractivity contribution is 5.82. The first-order valence-corrected chi connectivity index (χ1v) is 4.11. The van der Waals surface area contributed by atoms with Crippen LogP contribution in [0.25, 0.3) is 0 Å². The lowest BCUT2D eigenvalue weighted by Gasteiger charge is -2.49. The largest absolute Gasteiger partial charge is 0.386 e. The molecule has 4 nitrogen and oxygen atoms in total. The van der Waals surface area contributed by atoms with Gasteiger partial charge in [-0.1, -0.05) is 0 Å². The summed E-state index contributed by atoms with van der Waals surface area (Å²) in [5.74, 6) is 0.230. The minimum atomic E-state index is -0.0241. The standard InChI is InChI=1S/C8H17N3O/c1-6(7(9)10)11-4-8(2,5-11)12-3/h6H,4-5H2,1-3H3,(H3,9,10). The summed E-state index contributed by atoms with van der Waals surface area (Å²) in [6.07, 6.45) is 0. The number of ether oxygens (including phenoxy) is 1. The number of hydrogen-bond acceptors (Lipinski definition) is 3. The fraction of sp³-hybridized carbons (Fsp3) is 0.875. The van der Waals surface area contributed by atoms with Crippen LogP contribution in [0, 0.1) is 5.41 Å². The van der Waals surface area contributed by atoms with Crippen LogP contribution < -0.4 is 5.73 Å². The number of methoxy groups -OCH3 is 1. The van der Waals surface area contributed by atoms with Crippen molar-refractivity contribution in [2.45, 2.75) is 25.5 Å². The molecule has 1 saturated heterocycles. The summed E-state index contributed by atoms with van der Waals surface area (Å²) in [6.45, 7) is 5.74. The van der Waals surface area contributed by atoms with E-state index in [0.717, 1.165) is 13.1 Å². The maximum Gasteiger partial charge on any atom is 0.108 e. The first-order chi connectivity index (χ1) is 5.48. The number of nitrogens with one attached hydrogen (secondary N) is 1.